The van der Waals surface area contributed by atoms with Gasteiger partial charge in [0.25, 0.3) is 0 Å². The molecule has 0 radical (unpaired) electrons. The smallest absolute Gasteiger partial charge is 0.338 e. The van der Waals surface area contributed by atoms with Crippen LogP contribution in [0.25, 0.3) is 0 Å². The Kier molecular flexibility index (Phi) is 7.45. The molecule has 0 bridgehead atoms. The topological polar surface area (TPSA) is 84.0 Å². The van der Waals surface area contributed by atoms with Gasteiger partial charge in [0.2, 0.25) is 10.0 Å². The number of carbonyl (C=O) groups excluding carboxylic acids is 2. The van der Waals surface area contributed by atoms with Gasteiger partial charge in [-0.2, -0.15) is 4.31 Å². The summed E-state index contributed by atoms with van der Waals surface area (Å²) in [4.78, 5) is 26.2. The van der Waals surface area contributed by atoms with E-state index in [9.17, 15) is 22.4 Å². The third-order valence-electron chi connectivity index (χ3n) is 5.39. The third-order valence-corrected chi connectivity index (χ3v) is 7.77. The number of rotatable bonds is 6. The average Bonchev–Trinajstić information content (AvgIpc) is 2.77. The summed E-state index contributed by atoms with van der Waals surface area (Å²) in [6, 6.07) is 9.87. The molecule has 0 unspecified atom stereocenters. The van der Waals surface area contributed by atoms with E-state index in [-0.39, 0.29) is 40.2 Å². The highest BCUT2D eigenvalue weighted by Gasteiger charge is 2.31. The Bertz CT molecular complexity index is 1140. The third kappa shape index (κ3) is 5.90. The zero-order valence-corrected chi connectivity index (χ0v) is 20.2. The number of hydrogen-bond acceptors (Lipinski definition) is 6. The van der Waals surface area contributed by atoms with Crippen LogP contribution in [0.3, 0.4) is 0 Å². The molecule has 1 aliphatic rings. The number of Topliss-reactive ketones (excluding diaryl/α,β-unsaturated/α-hetero) is 1. The van der Waals surface area contributed by atoms with Crippen molar-refractivity contribution in [2.45, 2.75) is 25.7 Å². The van der Waals surface area contributed by atoms with Gasteiger partial charge >= 0.3 is 5.97 Å². The normalized spacial score (nSPS) is 15.4. The Morgan fingerprint density at radius 2 is 1.64 bits per heavy atom. The molecule has 0 saturated carbocycles. The van der Waals surface area contributed by atoms with Gasteiger partial charge in [-0.05, 0) is 42.5 Å². The molecule has 0 amide bonds. The second-order valence-corrected chi connectivity index (χ2v) is 11.1. The van der Waals surface area contributed by atoms with Crippen molar-refractivity contribution in [3.63, 3.8) is 0 Å². The number of ether oxygens (including phenoxy) is 1. The predicted octanol–water partition coefficient (Wildman–Crippen LogP) is 3.76. The first kappa shape index (κ1) is 25.1. The lowest BCUT2D eigenvalue weighted by Crippen LogP contribution is -2.48. The lowest BCUT2D eigenvalue weighted by Gasteiger charge is -2.35. The number of esters is 1. The minimum atomic E-state index is -3.98. The van der Waals surface area contributed by atoms with E-state index in [1.807, 2.05) is 4.90 Å². The lowest BCUT2D eigenvalue weighted by molar-refractivity contribution is -0.129. The molecule has 2 aromatic rings. The number of ketones is 1. The van der Waals surface area contributed by atoms with Gasteiger partial charge in [0, 0.05) is 37.3 Å². The van der Waals surface area contributed by atoms with E-state index >= 15 is 0 Å². The van der Waals surface area contributed by atoms with Crippen LogP contribution in [-0.4, -0.2) is 57.3 Å². The first-order valence-corrected chi connectivity index (χ1v) is 12.2. The first-order chi connectivity index (χ1) is 15.4. The number of nitrogens with zero attached hydrogens (tertiary/aromatic N) is 2. The average molecular weight is 497 g/mol. The van der Waals surface area contributed by atoms with Crippen LogP contribution in [0.15, 0.2) is 47.4 Å². The summed E-state index contributed by atoms with van der Waals surface area (Å²) in [6.45, 7) is 5.97. The minimum Gasteiger partial charge on any atom is -0.454 e. The minimum absolute atomic E-state index is 0.00960. The number of carbonyl (C=O) groups is 2. The number of sulfonamides is 1. The highest BCUT2D eigenvalue weighted by Crippen LogP contribution is 2.28. The summed E-state index contributed by atoms with van der Waals surface area (Å²) in [6.07, 6.45) is 0. The molecule has 0 aromatic heterocycles. The standard InChI is InChI=1S/C23H26ClFN2O5S/c1-23(2,3)21(28)15-32-22(29)16-4-9-19(24)20(14-16)33(30,31)27-12-10-26(11-13-27)18-7-5-17(25)6-8-18/h4-9,14H,10-13,15H2,1-3H3. The number of piperazine rings is 1. The maximum absolute atomic E-state index is 13.2. The summed E-state index contributed by atoms with van der Waals surface area (Å²) < 4.78 is 46.0. The van der Waals surface area contributed by atoms with E-state index in [2.05, 4.69) is 0 Å². The van der Waals surface area contributed by atoms with Gasteiger partial charge in [-0.3, -0.25) is 4.79 Å². The van der Waals surface area contributed by atoms with Crippen LogP contribution >= 0.6 is 11.6 Å². The molecule has 178 valence electrons. The van der Waals surface area contributed by atoms with E-state index in [1.54, 1.807) is 32.9 Å². The Labute approximate surface area is 198 Å². The molecule has 1 aliphatic heterocycles. The van der Waals surface area contributed by atoms with Crippen molar-refractivity contribution in [1.29, 1.82) is 0 Å². The molecule has 0 aliphatic carbocycles. The van der Waals surface area contributed by atoms with Crippen LogP contribution in [0.5, 0.6) is 0 Å². The quantitative estimate of drug-likeness (QED) is 0.566. The monoisotopic (exact) mass is 496 g/mol. The van der Waals surface area contributed by atoms with Gasteiger partial charge < -0.3 is 9.64 Å². The molecule has 1 saturated heterocycles. The Hall–Kier alpha value is -2.49. The van der Waals surface area contributed by atoms with E-state index < -0.39 is 28.0 Å². The largest absolute Gasteiger partial charge is 0.454 e. The summed E-state index contributed by atoms with van der Waals surface area (Å²) in [5.41, 5.74) is 0.135. The molecule has 33 heavy (non-hydrogen) atoms. The molecular weight excluding hydrogens is 471 g/mol. The highest BCUT2D eigenvalue weighted by molar-refractivity contribution is 7.89. The van der Waals surface area contributed by atoms with Crippen molar-refractivity contribution in [3.8, 4) is 0 Å². The van der Waals surface area contributed by atoms with E-state index in [4.69, 9.17) is 16.3 Å². The zero-order chi connectivity index (χ0) is 24.4. The van der Waals surface area contributed by atoms with Crippen molar-refractivity contribution in [1.82, 2.24) is 4.31 Å². The van der Waals surface area contributed by atoms with E-state index in [0.29, 0.717) is 13.1 Å². The number of hydrogen-bond donors (Lipinski definition) is 0. The summed E-state index contributed by atoms with van der Waals surface area (Å²) in [5.74, 6) is -1.39. The van der Waals surface area contributed by atoms with Gasteiger partial charge in [-0.15, -0.1) is 0 Å². The first-order valence-electron chi connectivity index (χ1n) is 10.4. The number of benzene rings is 2. The molecule has 2 aromatic carbocycles. The van der Waals surface area contributed by atoms with Gasteiger partial charge in [0.15, 0.2) is 12.4 Å². The molecule has 0 atom stereocenters. The summed E-state index contributed by atoms with van der Waals surface area (Å²) in [5, 5.41) is -0.0155. The summed E-state index contributed by atoms with van der Waals surface area (Å²) in [7, 11) is -3.98. The van der Waals surface area contributed by atoms with Gasteiger partial charge in [0.05, 0.1) is 10.6 Å². The van der Waals surface area contributed by atoms with Crippen molar-refractivity contribution >= 4 is 39.1 Å². The van der Waals surface area contributed by atoms with E-state index in [0.717, 1.165) is 5.69 Å². The van der Waals surface area contributed by atoms with Gasteiger partial charge in [0.1, 0.15) is 10.7 Å². The SMILES string of the molecule is CC(C)(C)C(=O)COC(=O)c1ccc(Cl)c(S(=O)(=O)N2CCN(c3ccc(F)cc3)CC2)c1. The fourth-order valence-corrected chi connectivity index (χ4v) is 5.16. The predicted molar refractivity (Wildman–Crippen MR) is 124 cm³/mol. The van der Waals surface area contributed by atoms with Crippen molar-refractivity contribution < 1.29 is 27.1 Å². The zero-order valence-electron chi connectivity index (χ0n) is 18.7. The molecule has 0 N–H and O–H groups in total. The van der Waals surface area contributed by atoms with Crippen LogP contribution in [-0.2, 0) is 19.6 Å². The van der Waals surface area contributed by atoms with Crippen LogP contribution in [0.2, 0.25) is 5.02 Å². The molecule has 1 heterocycles. The molecule has 10 heteroatoms. The highest BCUT2D eigenvalue weighted by atomic mass is 35.5. The van der Waals surface area contributed by atoms with Crippen molar-refractivity contribution in [2.24, 2.45) is 5.41 Å². The van der Waals surface area contributed by atoms with Crippen molar-refractivity contribution in [3.05, 3.63) is 58.9 Å². The van der Waals surface area contributed by atoms with Gasteiger partial charge in [-0.25, -0.2) is 17.6 Å². The van der Waals surface area contributed by atoms with E-state index in [1.165, 1.54) is 34.6 Å². The van der Waals surface area contributed by atoms with Crippen LogP contribution in [0.1, 0.15) is 31.1 Å². The van der Waals surface area contributed by atoms with Crippen molar-refractivity contribution in [2.75, 3.05) is 37.7 Å². The molecular formula is C23H26ClFN2O5S. The maximum Gasteiger partial charge on any atom is 0.338 e. The maximum atomic E-state index is 13.2. The second-order valence-electron chi connectivity index (χ2n) is 8.76. The Balaban J connectivity index is 1.72. The van der Waals surface area contributed by atoms with Gasteiger partial charge in [-0.1, -0.05) is 32.4 Å². The van der Waals surface area contributed by atoms with Crippen LogP contribution in [0.4, 0.5) is 10.1 Å². The molecule has 3 rings (SSSR count). The fourth-order valence-electron chi connectivity index (χ4n) is 3.24. The fraction of sp³-hybridized carbons (Fsp3) is 0.391. The van der Waals surface area contributed by atoms with Crippen LogP contribution in [0, 0.1) is 11.2 Å². The lowest BCUT2D eigenvalue weighted by atomic mass is 9.91. The molecule has 0 spiro atoms. The van der Waals surface area contributed by atoms with Crippen LogP contribution < -0.4 is 4.90 Å². The Morgan fingerprint density at radius 3 is 2.21 bits per heavy atom. The summed E-state index contributed by atoms with van der Waals surface area (Å²) >= 11 is 6.17. The number of anilines is 1. The Morgan fingerprint density at radius 1 is 1.03 bits per heavy atom. The molecule has 7 nitrogen and oxygen atoms in total. The second kappa shape index (κ2) is 9.79. The molecule has 1 fully saturated rings. The number of halogens is 2.